The van der Waals surface area contributed by atoms with Crippen molar-refractivity contribution in [1.29, 1.82) is 5.26 Å². The fraction of sp³-hybridized carbons (Fsp3) is 0.889. The first kappa shape index (κ1) is 10.8. The van der Waals surface area contributed by atoms with E-state index in [1.807, 2.05) is 25.6 Å². The van der Waals surface area contributed by atoms with Gasteiger partial charge >= 0.3 is 0 Å². The number of thioether (sulfide) groups is 1. The van der Waals surface area contributed by atoms with Gasteiger partial charge in [-0.3, -0.25) is 0 Å². The van der Waals surface area contributed by atoms with Crippen LogP contribution >= 0.6 is 11.8 Å². The van der Waals surface area contributed by atoms with Gasteiger partial charge in [0.05, 0.1) is 11.5 Å². The highest BCUT2D eigenvalue weighted by molar-refractivity contribution is 7.99. The van der Waals surface area contributed by atoms with Gasteiger partial charge in [0.2, 0.25) is 0 Å². The second kappa shape index (κ2) is 4.66. The van der Waals surface area contributed by atoms with Gasteiger partial charge in [0.1, 0.15) is 0 Å². The Balaban J connectivity index is 3.48. The molecule has 2 heteroatoms. The molecular formula is C9H17NS. The lowest BCUT2D eigenvalue weighted by Gasteiger charge is -2.14. The molecule has 0 aromatic carbocycles. The van der Waals surface area contributed by atoms with Crippen LogP contribution < -0.4 is 0 Å². The third-order valence-corrected chi connectivity index (χ3v) is 2.59. The minimum Gasteiger partial charge on any atom is -0.198 e. The maximum Gasteiger partial charge on any atom is 0.0684 e. The highest BCUT2D eigenvalue weighted by atomic mass is 32.2. The third-order valence-electron chi connectivity index (χ3n) is 1.48. The maximum absolute atomic E-state index is 8.70. The molecule has 0 heterocycles. The van der Waals surface area contributed by atoms with Crippen LogP contribution in [-0.4, -0.2) is 11.0 Å². The van der Waals surface area contributed by atoms with Crippen LogP contribution in [0.4, 0.5) is 0 Å². The Morgan fingerprint density at radius 1 is 1.45 bits per heavy atom. The Bertz CT molecular complexity index is 144. The molecule has 0 atom stereocenters. The van der Waals surface area contributed by atoms with E-state index in [0.717, 1.165) is 12.2 Å². The zero-order chi connectivity index (χ0) is 8.91. The highest BCUT2D eigenvalue weighted by Gasteiger charge is 2.15. The van der Waals surface area contributed by atoms with E-state index in [4.69, 9.17) is 5.26 Å². The van der Waals surface area contributed by atoms with E-state index < -0.39 is 0 Å². The highest BCUT2D eigenvalue weighted by Crippen LogP contribution is 2.22. The molecule has 1 nitrogen and oxygen atoms in total. The van der Waals surface area contributed by atoms with E-state index in [1.165, 1.54) is 0 Å². The predicted octanol–water partition coefficient (Wildman–Crippen LogP) is 3.07. The van der Waals surface area contributed by atoms with Gasteiger partial charge in [-0.25, -0.2) is 0 Å². The lowest BCUT2D eigenvalue weighted by molar-refractivity contribution is 0.482. The summed E-state index contributed by atoms with van der Waals surface area (Å²) in [5.41, 5.74) is -0.137. The number of hydrogen-bond donors (Lipinski definition) is 0. The smallest absolute Gasteiger partial charge is 0.0684 e. The van der Waals surface area contributed by atoms with E-state index in [0.29, 0.717) is 5.25 Å². The Morgan fingerprint density at radius 2 is 2.00 bits per heavy atom. The standard InChI is InChI=1S/C9H17NS/c1-8(2)11-6-5-9(3,4)7-10/h8H,5-6H2,1-4H3. The van der Waals surface area contributed by atoms with Gasteiger partial charge < -0.3 is 0 Å². The first-order chi connectivity index (χ1) is 4.98. The minimum absolute atomic E-state index is 0.137. The predicted molar refractivity (Wildman–Crippen MR) is 51.6 cm³/mol. The zero-order valence-electron chi connectivity index (χ0n) is 7.85. The number of nitriles is 1. The van der Waals surface area contributed by atoms with Gasteiger partial charge in [0.25, 0.3) is 0 Å². The maximum atomic E-state index is 8.70. The molecule has 0 aromatic heterocycles. The van der Waals surface area contributed by atoms with Crippen LogP contribution in [0.15, 0.2) is 0 Å². The molecule has 0 aliphatic rings. The molecule has 0 aliphatic carbocycles. The molecule has 0 radical (unpaired) electrons. The van der Waals surface area contributed by atoms with Crippen molar-refractivity contribution in [2.24, 2.45) is 5.41 Å². The molecule has 0 aromatic rings. The van der Waals surface area contributed by atoms with Crippen LogP contribution in [0.2, 0.25) is 0 Å². The summed E-state index contributed by atoms with van der Waals surface area (Å²) in [7, 11) is 0. The Labute approximate surface area is 74.2 Å². The summed E-state index contributed by atoms with van der Waals surface area (Å²) in [6.07, 6.45) is 0.992. The van der Waals surface area contributed by atoms with Gasteiger partial charge in [-0.05, 0) is 31.3 Å². The van der Waals surface area contributed by atoms with E-state index in [1.54, 1.807) is 0 Å². The van der Waals surface area contributed by atoms with Crippen LogP contribution in [0.5, 0.6) is 0 Å². The number of nitrogens with zero attached hydrogens (tertiary/aromatic N) is 1. The van der Waals surface area contributed by atoms with Crippen molar-refractivity contribution in [3.8, 4) is 6.07 Å². The SMILES string of the molecule is CC(C)SCCC(C)(C)C#N. The van der Waals surface area contributed by atoms with Crippen molar-refractivity contribution in [3.63, 3.8) is 0 Å². The lowest BCUT2D eigenvalue weighted by atomic mass is 9.93. The van der Waals surface area contributed by atoms with Gasteiger partial charge in [0, 0.05) is 0 Å². The normalized spacial score (nSPS) is 11.6. The monoisotopic (exact) mass is 171 g/mol. The molecule has 0 saturated carbocycles. The number of hydrogen-bond acceptors (Lipinski definition) is 2. The Hall–Kier alpha value is -0.160. The molecule has 0 rings (SSSR count). The van der Waals surface area contributed by atoms with Gasteiger partial charge in [-0.1, -0.05) is 13.8 Å². The molecule has 0 aliphatic heterocycles. The summed E-state index contributed by atoms with van der Waals surface area (Å²) in [4.78, 5) is 0. The van der Waals surface area contributed by atoms with Crippen LogP contribution in [0.3, 0.4) is 0 Å². The Morgan fingerprint density at radius 3 is 2.36 bits per heavy atom. The first-order valence-corrected chi connectivity index (χ1v) is 5.05. The van der Waals surface area contributed by atoms with Gasteiger partial charge in [-0.15, -0.1) is 0 Å². The molecular weight excluding hydrogens is 154 g/mol. The van der Waals surface area contributed by atoms with Crippen molar-refractivity contribution in [1.82, 2.24) is 0 Å². The zero-order valence-corrected chi connectivity index (χ0v) is 8.66. The third kappa shape index (κ3) is 6.25. The topological polar surface area (TPSA) is 23.8 Å². The summed E-state index contributed by atoms with van der Waals surface area (Å²) in [6, 6.07) is 2.30. The van der Waals surface area contributed by atoms with Crippen molar-refractivity contribution < 1.29 is 0 Å². The Kier molecular flexibility index (Phi) is 4.60. The van der Waals surface area contributed by atoms with E-state index >= 15 is 0 Å². The van der Waals surface area contributed by atoms with Gasteiger partial charge in [0.15, 0.2) is 0 Å². The quantitative estimate of drug-likeness (QED) is 0.649. The largest absolute Gasteiger partial charge is 0.198 e. The molecule has 0 fully saturated rings. The summed E-state index contributed by atoms with van der Waals surface area (Å²) in [5, 5.41) is 9.38. The summed E-state index contributed by atoms with van der Waals surface area (Å²) < 4.78 is 0. The summed E-state index contributed by atoms with van der Waals surface area (Å²) in [5.74, 6) is 1.10. The molecule has 0 unspecified atom stereocenters. The molecule has 0 spiro atoms. The molecule has 0 bridgehead atoms. The van der Waals surface area contributed by atoms with Crippen LogP contribution in [-0.2, 0) is 0 Å². The first-order valence-electron chi connectivity index (χ1n) is 4.01. The molecule has 0 amide bonds. The average molecular weight is 171 g/mol. The van der Waals surface area contributed by atoms with E-state index in [2.05, 4.69) is 19.9 Å². The molecule has 64 valence electrons. The van der Waals surface area contributed by atoms with Crippen molar-refractivity contribution in [3.05, 3.63) is 0 Å². The summed E-state index contributed by atoms with van der Waals surface area (Å²) in [6.45, 7) is 8.36. The minimum atomic E-state index is -0.137. The van der Waals surface area contributed by atoms with Crippen molar-refractivity contribution in [2.45, 2.75) is 39.4 Å². The average Bonchev–Trinajstić information content (AvgIpc) is 1.87. The molecule has 0 saturated heterocycles. The fourth-order valence-corrected chi connectivity index (χ4v) is 1.71. The van der Waals surface area contributed by atoms with Gasteiger partial charge in [-0.2, -0.15) is 17.0 Å². The van der Waals surface area contributed by atoms with E-state index in [-0.39, 0.29) is 5.41 Å². The summed E-state index contributed by atoms with van der Waals surface area (Å²) >= 11 is 1.92. The second-order valence-electron chi connectivity index (χ2n) is 3.67. The van der Waals surface area contributed by atoms with E-state index in [9.17, 15) is 0 Å². The fourth-order valence-electron chi connectivity index (χ4n) is 0.606. The lowest BCUT2D eigenvalue weighted by Crippen LogP contribution is -2.09. The number of rotatable bonds is 4. The second-order valence-corrected chi connectivity index (χ2v) is 5.35. The molecule has 11 heavy (non-hydrogen) atoms. The molecule has 0 N–H and O–H groups in total. The van der Waals surface area contributed by atoms with Crippen molar-refractivity contribution >= 4 is 11.8 Å². The van der Waals surface area contributed by atoms with Crippen LogP contribution in [0, 0.1) is 16.7 Å². The van der Waals surface area contributed by atoms with Crippen molar-refractivity contribution in [2.75, 3.05) is 5.75 Å². The van der Waals surface area contributed by atoms with Crippen LogP contribution in [0.1, 0.15) is 34.1 Å². The van der Waals surface area contributed by atoms with Crippen LogP contribution in [0.25, 0.3) is 0 Å².